The molecule has 0 bridgehead atoms. The molecule has 3 aromatic rings. The number of hydrogen-bond donors (Lipinski definition) is 1. The number of anilines is 1. The van der Waals surface area contributed by atoms with Gasteiger partial charge in [0.05, 0.1) is 35.8 Å². The molecule has 0 aliphatic heterocycles. The van der Waals surface area contributed by atoms with Gasteiger partial charge in [-0.1, -0.05) is 11.3 Å². The predicted octanol–water partition coefficient (Wildman–Crippen LogP) is 4.33. The molecule has 1 aromatic heterocycles. The highest BCUT2D eigenvalue weighted by Gasteiger charge is 2.24. The molecule has 0 radical (unpaired) electrons. The lowest BCUT2D eigenvalue weighted by atomic mass is 10.1. The molecule has 0 saturated heterocycles. The molecule has 0 aliphatic carbocycles. The van der Waals surface area contributed by atoms with E-state index in [-0.39, 0.29) is 25.5 Å². The van der Waals surface area contributed by atoms with Gasteiger partial charge in [0, 0.05) is 17.7 Å². The zero-order valence-corrected chi connectivity index (χ0v) is 20.8. The molecule has 0 atom stereocenters. The molecular formula is C22H23N3O8S2. The second-order valence-corrected chi connectivity index (χ2v) is 10.0. The number of carbonyl (C=O) groups excluding carboxylic acids is 1. The number of amides is 1. The molecule has 1 N–H and O–H groups in total. The van der Waals surface area contributed by atoms with Crippen LogP contribution >= 0.6 is 11.3 Å². The van der Waals surface area contributed by atoms with Crippen LogP contribution in [-0.4, -0.2) is 44.1 Å². The van der Waals surface area contributed by atoms with Crippen molar-refractivity contribution >= 4 is 37.9 Å². The Morgan fingerprint density at radius 2 is 1.60 bits per heavy atom. The van der Waals surface area contributed by atoms with E-state index in [1.807, 2.05) is 6.92 Å². The summed E-state index contributed by atoms with van der Waals surface area (Å²) in [5, 5.41) is 13.4. The first-order chi connectivity index (χ1) is 16.7. The Balaban J connectivity index is 1.86. The van der Waals surface area contributed by atoms with Crippen molar-refractivity contribution < 1.29 is 32.3 Å². The minimum Gasteiger partial charge on any atom is -0.490 e. The number of sulfone groups is 1. The van der Waals surface area contributed by atoms with Gasteiger partial charge >= 0.3 is 0 Å². The van der Waals surface area contributed by atoms with Crippen LogP contribution in [0, 0.1) is 10.1 Å². The quantitative estimate of drug-likeness (QED) is 0.287. The number of non-ortho nitro benzene ring substituents is 1. The van der Waals surface area contributed by atoms with Crippen LogP contribution < -0.4 is 19.5 Å². The summed E-state index contributed by atoms with van der Waals surface area (Å²) in [6.07, 6.45) is 1.12. The van der Waals surface area contributed by atoms with Gasteiger partial charge in [-0.15, -0.1) is 0 Å². The first-order valence-corrected chi connectivity index (χ1v) is 12.8. The molecular weight excluding hydrogens is 498 g/mol. The molecule has 0 fully saturated rings. The lowest BCUT2D eigenvalue weighted by Gasteiger charge is -2.16. The highest BCUT2D eigenvalue weighted by molar-refractivity contribution is 7.93. The summed E-state index contributed by atoms with van der Waals surface area (Å²) in [5.41, 5.74) is -0.0234. The van der Waals surface area contributed by atoms with Crippen molar-refractivity contribution in [3.05, 3.63) is 58.3 Å². The van der Waals surface area contributed by atoms with E-state index in [9.17, 15) is 23.3 Å². The third-order valence-electron chi connectivity index (χ3n) is 4.50. The standard InChI is InChI=1S/C22H23N3O8S2/c1-4-31-17-11-14(12-18(32-5-2)20(17)33-6-3)21(26)24-22-23-13-19(34-22)35(29,30)16-9-7-15(8-10-16)25(27)28/h7-13H,4-6H2,1-3H3,(H,23,24,26). The number of ether oxygens (including phenoxy) is 3. The minimum absolute atomic E-state index is 0.0558. The number of nitro groups is 1. The second-order valence-electron chi connectivity index (χ2n) is 6.79. The molecule has 35 heavy (non-hydrogen) atoms. The Kier molecular flexibility index (Phi) is 8.25. The Bertz CT molecular complexity index is 1290. The van der Waals surface area contributed by atoms with Gasteiger partial charge in [-0.3, -0.25) is 20.2 Å². The van der Waals surface area contributed by atoms with Crippen molar-refractivity contribution in [2.45, 2.75) is 29.9 Å². The third kappa shape index (κ3) is 5.87. The summed E-state index contributed by atoms with van der Waals surface area (Å²) >= 11 is 0.756. The van der Waals surface area contributed by atoms with Gasteiger partial charge in [0.15, 0.2) is 16.6 Å². The molecule has 1 amide bonds. The lowest BCUT2D eigenvalue weighted by molar-refractivity contribution is -0.384. The molecule has 0 spiro atoms. The van der Waals surface area contributed by atoms with Gasteiger partial charge in [-0.2, -0.15) is 0 Å². The van der Waals surface area contributed by atoms with Crippen molar-refractivity contribution in [3.8, 4) is 17.2 Å². The maximum absolute atomic E-state index is 12.9. The van der Waals surface area contributed by atoms with Gasteiger partial charge in [0.25, 0.3) is 11.6 Å². The number of aromatic nitrogens is 1. The van der Waals surface area contributed by atoms with Crippen LogP contribution in [0.5, 0.6) is 17.2 Å². The van der Waals surface area contributed by atoms with E-state index >= 15 is 0 Å². The highest BCUT2D eigenvalue weighted by Crippen LogP contribution is 2.39. The van der Waals surface area contributed by atoms with E-state index in [2.05, 4.69) is 10.3 Å². The molecule has 2 aromatic carbocycles. The number of benzene rings is 2. The molecule has 11 nitrogen and oxygen atoms in total. The first kappa shape index (κ1) is 25.9. The summed E-state index contributed by atoms with van der Waals surface area (Å²) in [5.74, 6) is 0.513. The maximum Gasteiger partial charge on any atom is 0.269 e. The summed E-state index contributed by atoms with van der Waals surface area (Å²) in [7, 11) is -3.98. The Hall–Kier alpha value is -3.71. The van der Waals surface area contributed by atoms with Gasteiger partial charge in [0.1, 0.15) is 4.21 Å². The predicted molar refractivity (Wildman–Crippen MR) is 129 cm³/mol. The molecule has 3 rings (SSSR count). The number of rotatable bonds is 11. The van der Waals surface area contributed by atoms with Crippen LogP contribution in [0.4, 0.5) is 10.8 Å². The van der Waals surface area contributed by atoms with E-state index in [0.717, 1.165) is 41.8 Å². The van der Waals surface area contributed by atoms with Crippen molar-refractivity contribution in [2.24, 2.45) is 0 Å². The monoisotopic (exact) mass is 521 g/mol. The third-order valence-corrected chi connectivity index (χ3v) is 7.64. The minimum atomic E-state index is -3.98. The smallest absolute Gasteiger partial charge is 0.269 e. The zero-order chi connectivity index (χ0) is 25.6. The number of thiazole rings is 1. The van der Waals surface area contributed by atoms with Gasteiger partial charge in [-0.25, -0.2) is 13.4 Å². The van der Waals surface area contributed by atoms with Gasteiger partial charge in [-0.05, 0) is 45.0 Å². The second kappa shape index (κ2) is 11.1. The molecule has 186 valence electrons. The fourth-order valence-corrected chi connectivity index (χ4v) is 5.42. The Morgan fingerprint density at radius 1 is 1.03 bits per heavy atom. The number of hydrogen-bond acceptors (Lipinski definition) is 10. The SMILES string of the molecule is CCOc1cc(C(=O)Nc2ncc(S(=O)(=O)c3ccc([N+](=O)[O-])cc3)s2)cc(OCC)c1OCC. The van der Waals surface area contributed by atoms with Gasteiger partial charge < -0.3 is 14.2 Å². The number of nitrogens with zero attached hydrogens (tertiary/aromatic N) is 2. The topological polar surface area (TPSA) is 147 Å². The van der Waals surface area contributed by atoms with E-state index in [1.54, 1.807) is 13.8 Å². The average molecular weight is 522 g/mol. The lowest BCUT2D eigenvalue weighted by Crippen LogP contribution is -2.13. The zero-order valence-electron chi connectivity index (χ0n) is 19.1. The largest absolute Gasteiger partial charge is 0.490 e. The van der Waals surface area contributed by atoms with Crippen LogP contribution in [-0.2, 0) is 9.84 Å². The van der Waals surface area contributed by atoms with Crippen molar-refractivity contribution in [2.75, 3.05) is 25.1 Å². The summed E-state index contributed by atoms with van der Waals surface area (Å²) < 4.78 is 42.5. The Morgan fingerprint density at radius 3 is 2.11 bits per heavy atom. The molecule has 13 heteroatoms. The normalized spacial score (nSPS) is 11.1. The summed E-state index contributed by atoms with van der Waals surface area (Å²) in [4.78, 5) is 27.0. The maximum atomic E-state index is 12.9. The van der Waals surface area contributed by atoms with Crippen LogP contribution in [0.2, 0.25) is 0 Å². The highest BCUT2D eigenvalue weighted by atomic mass is 32.2. The average Bonchev–Trinajstić information content (AvgIpc) is 3.30. The van der Waals surface area contributed by atoms with Crippen molar-refractivity contribution in [1.29, 1.82) is 0 Å². The molecule has 0 saturated carbocycles. The van der Waals surface area contributed by atoms with Crippen molar-refractivity contribution in [1.82, 2.24) is 4.98 Å². The van der Waals surface area contributed by atoms with Crippen LogP contribution in [0.1, 0.15) is 31.1 Å². The summed E-state index contributed by atoms with van der Waals surface area (Å²) in [6.45, 7) is 6.46. The number of nitro benzene ring substituents is 1. The first-order valence-electron chi connectivity index (χ1n) is 10.5. The fraction of sp³-hybridized carbons (Fsp3) is 0.273. The van der Waals surface area contributed by atoms with E-state index in [0.29, 0.717) is 37.1 Å². The van der Waals surface area contributed by atoms with Crippen LogP contribution in [0.25, 0.3) is 0 Å². The molecule has 0 unspecified atom stereocenters. The van der Waals surface area contributed by atoms with E-state index in [1.165, 1.54) is 12.1 Å². The van der Waals surface area contributed by atoms with Crippen LogP contribution in [0.3, 0.4) is 0 Å². The fourth-order valence-electron chi connectivity index (χ4n) is 2.99. The number of carbonyl (C=O) groups is 1. The Labute approximate surface area is 205 Å². The van der Waals surface area contributed by atoms with Gasteiger partial charge in [0.2, 0.25) is 15.6 Å². The van der Waals surface area contributed by atoms with E-state index < -0.39 is 20.7 Å². The summed E-state index contributed by atoms with van der Waals surface area (Å²) in [6, 6.07) is 7.53. The number of nitrogens with one attached hydrogen (secondary N) is 1. The van der Waals surface area contributed by atoms with Crippen molar-refractivity contribution in [3.63, 3.8) is 0 Å². The molecule has 1 heterocycles. The van der Waals surface area contributed by atoms with Crippen LogP contribution in [0.15, 0.2) is 51.7 Å². The molecule has 0 aliphatic rings. The van der Waals surface area contributed by atoms with E-state index in [4.69, 9.17) is 14.2 Å².